The van der Waals surface area contributed by atoms with Crippen LogP contribution in [0.4, 0.5) is 5.82 Å². The van der Waals surface area contributed by atoms with Crippen molar-refractivity contribution in [3.63, 3.8) is 0 Å². The summed E-state index contributed by atoms with van der Waals surface area (Å²) in [7, 11) is 3.73. The van der Waals surface area contributed by atoms with E-state index in [1.54, 1.807) is 19.5 Å². The van der Waals surface area contributed by atoms with Crippen molar-refractivity contribution in [2.45, 2.75) is 6.92 Å². The zero-order chi connectivity index (χ0) is 11.8. The van der Waals surface area contributed by atoms with Crippen molar-refractivity contribution in [2.75, 3.05) is 45.3 Å². The van der Waals surface area contributed by atoms with Crippen LogP contribution in [0.2, 0.25) is 0 Å². The minimum absolute atomic E-state index is 0.744. The predicted molar refractivity (Wildman–Crippen MR) is 64.8 cm³/mol. The summed E-state index contributed by atoms with van der Waals surface area (Å²) in [6.07, 6.45) is 3.43. The van der Waals surface area contributed by atoms with E-state index in [0.717, 1.165) is 37.8 Å². The lowest BCUT2D eigenvalue weighted by Crippen LogP contribution is -2.31. The molecule has 0 bridgehead atoms. The number of rotatable bonds is 7. The number of methoxy groups -OCH3 is 1. The molecule has 16 heavy (non-hydrogen) atoms. The quantitative estimate of drug-likeness (QED) is 0.682. The van der Waals surface area contributed by atoms with Gasteiger partial charge in [-0.05, 0) is 6.92 Å². The monoisotopic (exact) mass is 224 g/mol. The third kappa shape index (κ3) is 4.12. The summed E-state index contributed by atoms with van der Waals surface area (Å²) in [5.74, 6) is 0.941. The van der Waals surface area contributed by atoms with Crippen molar-refractivity contribution in [3.8, 4) is 0 Å². The van der Waals surface area contributed by atoms with Crippen LogP contribution in [0.3, 0.4) is 0 Å². The fourth-order valence-electron chi connectivity index (χ4n) is 1.43. The zero-order valence-corrected chi connectivity index (χ0v) is 10.2. The molecule has 5 nitrogen and oxygen atoms in total. The Morgan fingerprint density at radius 3 is 2.75 bits per heavy atom. The Hall–Kier alpha value is -1.20. The maximum Gasteiger partial charge on any atom is 0.149 e. The van der Waals surface area contributed by atoms with Crippen LogP contribution in [0.15, 0.2) is 12.4 Å². The maximum absolute atomic E-state index is 4.95. The lowest BCUT2D eigenvalue weighted by atomic mass is 10.4. The molecule has 0 amide bonds. The summed E-state index contributed by atoms with van der Waals surface area (Å²) in [5, 5.41) is 3.29. The van der Waals surface area contributed by atoms with E-state index in [2.05, 4.69) is 20.2 Å². The molecule has 0 saturated heterocycles. The van der Waals surface area contributed by atoms with Crippen LogP contribution in [0, 0.1) is 6.92 Å². The summed E-state index contributed by atoms with van der Waals surface area (Å²) >= 11 is 0. The lowest BCUT2D eigenvalue weighted by Gasteiger charge is -2.19. The fourth-order valence-corrected chi connectivity index (χ4v) is 1.43. The fraction of sp³-hybridized carbons (Fsp3) is 0.636. The van der Waals surface area contributed by atoms with Gasteiger partial charge in [-0.1, -0.05) is 0 Å². The van der Waals surface area contributed by atoms with Crippen LogP contribution < -0.4 is 10.2 Å². The van der Waals surface area contributed by atoms with Gasteiger partial charge in [0.05, 0.1) is 12.3 Å². The number of nitrogens with one attached hydrogen (secondary N) is 1. The molecule has 0 saturated carbocycles. The summed E-state index contributed by atoms with van der Waals surface area (Å²) in [6.45, 7) is 5.41. The molecule has 0 aliphatic rings. The second kappa shape index (κ2) is 7.14. The molecule has 1 N–H and O–H groups in total. The van der Waals surface area contributed by atoms with E-state index < -0.39 is 0 Å². The highest BCUT2D eigenvalue weighted by Crippen LogP contribution is 2.10. The predicted octanol–water partition coefficient (Wildman–Crippen LogP) is 0.457. The first kappa shape index (κ1) is 12.9. The minimum Gasteiger partial charge on any atom is -0.383 e. The van der Waals surface area contributed by atoms with E-state index >= 15 is 0 Å². The van der Waals surface area contributed by atoms with Gasteiger partial charge in [0.15, 0.2) is 0 Å². The molecule has 0 aliphatic heterocycles. The molecule has 1 rings (SSSR count). The first-order chi connectivity index (χ1) is 7.75. The molecular weight excluding hydrogens is 204 g/mol. The van der Waals surface area contributed by atoms with Gasteiger partial charge in [0.2, 0.25) is 0 Å². The number of anilines is 1. The van der Waals surface area contributed by atoms with Gasteiger partial charge in [0.1, 0.15) is 5.82 Å². The molecule has 0 aromatic carbocycles. The van der Waals surface area contributed by atoms with E-state index in [9.17, 15) is 0 Å². The van der Waals surface area contributed by atoms with Gasteiger partial charge in [-0.25, -0.2) is 4.98 Å². The molecule has 1 aromatic rings. The molecular formula is C11H20N4O. The highest BCUT2D eigenvalue weighted by atomic mass is 16.5. The molecule has 0 unspecified atom stereocenters. The lowest BCUT2D eigenvalue weighted by molar-refractivity contribution is 0.200. The first-order valence-electron chi connectivity index (χ1n) is 5.44. The molecule has 1 aromatic heterocycles. The Morgan fingerprint density at radius 1 is 1.31 bits per heavy atom. The van der Waals surface area contributed by atoms with Gasteiger partial charge in [-0.15, -0.1) is 0 Å². The Bertz CT molecular complexity index is 306. The van der Waals surface area contributed by atoms with Crippen LogP contribution >= 0.6 is 0 Å². The zero-order valence-electron chi connectivity index (χ0n) is 10.2. The van der Waals surface area contributed by atoms with Crippen LogP contribution in [-0.2, 0) is 4.74 Å². The van der Waals surface area contributed by atoms with Crippen molar-refractivity contribution < 1.29 is 4.74 Å². The van der Waals surface area contributed by atoms with E-state index in [1.165, 1.54) is 0 Å². The Balaban J connectivity index is 2.30. The largest absolute Gasteiger partial charge is 0.383 e. The van der Waals surface area contributed by atoms with Gasteiger partial charge < -0.3 is 15.0 Å². The minimum atomic E-state index is 0.744. The topological polar surface area (TPSA) is 50.3 Å². The third-order valence-corrected chi connectivity index (χ3v) is 2.32. The Morgan fingerprint density at radius 2 is 2.06 bits per heavy atom. The van der Waals surface area contributed by atoms with Crippen LogP contribution in [0.1, 0.15) is 5.69 Å². The number of nitrogens with zero attached hydrogens (tertiary/aromatic N) is 3. The van der Waals surface area contributed by atoms with Gasteiger partial charge >= 0.3 is 0 Å². The summed E-state index contributed by atoms with van der Waals surface area (Å²) < 4.78 is 4.95. The number of ether oxygens (including phenoxy) is 1. The molecule has 5 heteroatoms. The van der Waals surface area contributed by atoms with E-state index in [-0.39, 0.29) is 0 Å². The number of hydrogen-bond acceptors (Lipinski definition) is 5. The molecule has 90 valence electrons. The van der Waals surface area contributed by atoms with Gasteiger partial charge in [-0.2, -0.15) is 0 Å². The molecule has 0 spiro atoms. The average molecular weight is 224 g/mol. The van der Waals surface area contributed by atoms with Gasteiger partial charge in [0.25, 0.3) is 0 Å². The SMILES string of the molecule is COCCNCCN(C)c1nccnc1C. The second-order valence-corrected chi connectivity index (χ2v) is 3.63. The highest BCUT2D eigenvalue weighted by Gasteiger charge is 2.05. The van der Waals surface area contributed by atoms with E-state index in [4.69, 9.17) is 4.74 Å². The van der Waals surface area contributed by atoms with Crippen molar-refractivity contribution in [1.29, 1.82) is 0 Å². The van der Waals surface area contributed by atoms with Gasteiger partial charge in [0, 0.05) is 46.2 Å². The summed E-state index contributed by atoms with van der Waals surface area (Å²) in [4.78, 5) is 10.6. The van der Waals surface area contributed by atoms with Crippen molar-refractivity contribution in [2.24, 2.45) is 0 Å². The third-order valence-electron chi connectivity index (χ3n) is 2.32. The van der Waals surface area contributed by atoms with E-state index in [1.807, 2.05) is 14.0 Å². The van der Waals surface area contributed by atoms with Crippen molar-refractivity contribution >= 4 is 5.82 Å². The summed E-state index contributed by atoms with van der Waals surface area (Å²) in [6, 6.07) is 0. The number of aryl methyl sites for hydroxylation is 1. The summed E-state index contributed by atoms with van der Waals surface area (Å²) in [5.41, 5.74) is 0.960. The van der Waals surface area contributed by atoms with Crippen LogP contribution in [-0.4, -0.2) is 50.4 Å². The number of hydrogen-bond donors (Lipinski definition) is 1. The van der Waals surface area contributed by atoms with Crippen molar-refractivity contribution in [1.82, 2.24) is 15.3 Å². The van der Waals surface area contributed by atoms with Crippen molar-refractivity contribution in [3.05, 3.63) is 18.1 Å². The average Bonchev–Trinajstić information content (AvgIpc) is 2.29. The number of aromatic nitrogens is 2. The normalized spacial score (nSPS) is 10.4. The number of likely N-dealkylation sites (N-methyl/N-ethyl adjacent to an activating group) is 1. The Kier molecular flexibility index (Phi) is 5.74. The van der Waals surface area contributed by atoms with Crippen LogP contribution in [0.5, 0.6) is 0 Å². The highest BCUT2D eigenvalue weighted by molar-refractivity contribution is 5.40. The molecule has 1 heterocycles. The van der Waals surface area contributed by atoms with Gasteiger partial charge in [-0.3, -0.25) is 4.98 Å². The van der Waals surface area contributed by atoms with E-state index in [0.29, 0.717) is 0 Å². The molecule has 0 aliphatic carbocycles. The Labute approximate surface area is 96.8 Å². The maximum atomic E-state index is 4.95. The smallest absolute Gasteiger partial charge is 0.149 e. The van der Waals surface area contributed by atoms with Crippen LogP contribution in [0.25, 0.3) is 0 Å². The standard InChI is InChI=1S/C11H20N4O/c1-10-11(14-5-4-13-10)15(2)8-6-12-7-9-16-3/h4-5,12H,6-9H2,1-3H3. The molecule has 0 fully saturated rings. The second-order valence-electron chi connectivity index (χ2n) is 3.63. The first-order valence-corrected chi connectivity index (χ1v) is 5.44. The molecule has 0 atom stereocenters. The molecule has 0 radical (unpaired) electrons.